The number of amides is 2. The Bertz CT molecular complexity index is 637. The Balaban J connectivity index is 1.96. The van der Waals surface area contributed by atoms with Crippen LogP contribution in [0.4, 0.5) is 5.69 Å². The number of rotatable bonds is 5. The van der Waals surface area contributed by atoms with Crippen molar-refractivity contribution in [2.24, 2.45) is 0 Å². The predicted octanol–water partition coefficient (Wildman–Crippen LogP) is 0.975. The van der Waals surface area contributed by atoms with Gasteiger partial charge in [0.05, 0.1) is 0 Å². The molecular weight excluding hydrogens is 270 g/mol. The van der Waals surface area contributed by atoms with Gasteiger partial charge < -0.3 is 15.2 Å². The van der Waals surface area contributed by atoms with E-state index in [0.29, 0.717) is 24.2 Å². The van der Waals surface area contributed by atoms with Crippen molar-refractivity contribution >= 4 is 17.5 Å². The van der Waals surface area contributed by atoms with Gasteiger partial charge in [0, 0.05) is 31.3 Å². The predicted molar refractivity (Wildman–Crippen MR) is 77.8 cm³/mol. The molecule has 0 unspecified atom stereocenters. The summed E-state index contributed by atoms with van der Waals surface area (Å²) in [5.41, 5.74) is 2.11. The van der Waals surface area contributed by atoms with Crippen LogP contribution < -0.4 is 10.6 Å². The molecule has 0 bridgehead atoms. The SMILES string of the molecule is CNC(=O)c1ccc(NC(=O)CCn2cnnc2)c(C)c1. The van der Waals surface area contributed by atoms with Crippen LogP contribution in [-0.2, 0) is 11.3 Å². The molecule has 2 rings (SSSR count). The van der Waals surface area contributed by atoms with Gasteiger partial charge in [0.25, 0.3) is 5.91 Å². The molecule has 0 spiro atoms. The van der Waals surface area contributed by atoms with Gasteiger partial charge in [-0.25, -0.2) is 0 Å². The minimum Gasteiger partial charge on any atom is -0.355 e. The maximum absolute atomic E-state index is 11.9. The Hall–Kier alpha value is -2.70. The zero-order chi connectivity index (χ0) is 15.2. The van der Waals surface area contributed by atoms with Gasteiger partial charge in [0.1, 0.15) is 12.7 Å². The first-order chi connectivity index (χ1) is 10.1. The molecular formula is C14H17N5O2. The Morgan fingerprint density at radius 2 is 1.95 bits per heavy atom. The molecule has 0 atom stereocenters. The van der Waals surface area contributed by atoms with E-state index in [1.54, 1.807) is 42.5 Å². The van der Waals surface area contributed by atoms with Gasteiger partial charge in [-0.05, 0) is 30.7 Å². The fraction of sp³-hybridized carbons (Fsp3) is 0.286. The molecule has 0 saturated heterocycles. The number of anilines is 1. The zero-order valence-corrected chi connectivity index (χ0v) is 12.0. The number of aromatic nitrogens is 3. The van der Waals surface area contributed by atoms with E-state index in [1.165, 1.54) is 0 Å². The first-order valence-electron chi connectivity index (χ1n) is 6.55. The fourth-order valence-electron chi connectivity index (χ4n) is 1.87. The molecule has 2 aromatic rings. The quantitative estimate of drug-likeness (QED) is 0.857. The summed E-state index contributed by atoms with van der Waals surface area (Å²) in [5.74, 6) is -0.247. The summed E-state index contributed by atoms with van der Waals surface area (Å²) >= 11 is 0. The van der Waals surface area contributed by atoms with E-state index in [2.05, 4.69) is 20.8 Å². The van der Waals surface area contributed by atoms with E-state index in [0.717, 1.165) is 5.56 Å². The first kappa shape index (κ1) is 14.7. The monoisotopic (exact) mass is 287 g/mol. The van der Waals surface area contributed by atoms with Crippen LogP contribution in [-0.4, -0.2) is 33.6 Å². The summed E-state index contributed by atoms with van der Waals surface area (Å²) in [7, 11) is 1.58. The Morgan fingerprint density at radius 3 is 2.57 bits per heavy atom. The molecule has 0 aliphatic rings. The highest BCUT2D eigenvalue weighted by Crippen LogP contribution is 2.16. The van der Waals surface area contributed by atoms with Gasteiger partial charge in [-0.3, -0.25) is 9.59 Å². The molecule has 2 N–H and O–H groups in total. The molecule has 7 nitrogen and oxygen atoms in total. The minimum atomic E-state index is -0.149. The van der Waals surface area contributed by atoms with Gasteiger partial charge in [-0.1, -0.05) is 0 Å². The van der Waals surface area contributed by atoms with Crippen LogP contribution in [0.2, 0.25) is 0 Å². The second-order valence-corrected chi connectivity index (χ2v) is 4.61. The van der Waals surface area contributed by atoms with Crippen molar-refractivity contribution in [3.05, 3.63) is 42.0 Å². The molecule has 0 radical (unpaired) electrons. The molecule has 1 heterocycles. The Labute approximate surface area is 122 Å². The summed E-state index contributed by atoms with van der Waals surface area (Å²) in [5, 5.41) is 12.7. The van der Waals surface area contributed by atoms with Crippen molar-refractivity contribution in [1.82, 2.24) is 20.1 Å². The molecule has 2 amide bonds. The number of nitrogens with zero attached hydrogens (tertiary/aromatic N) is 3. The van der Waals surface area contributed by atoms with E-state index < -0.39 is 0 Å². The van der Waals surface area contributed by atoms with E-state index in [4.69, 9.17) is 0 Å². The Kier molecular flexibility index (Phi) is 4.65. The van der Waals surface area contributed by atoms with Crippen molar-refractivity contribution in [2.45, 2.75) is 19.9 Å². The summed E-state index contributed by atoms with van der Waals surface area (Å²) in [4.78, 5) is 23.4. The molecule has 7 heteroatoms. The molecule has 110 valence electrons. The summed E-state index contributed by atoms with van der Waals surface area (Å²) < 4.78 is 1.74. The van der Waals surface area contributed by atoms with Crippen LogP contribution in [0.15, 0.2) is 30.9 Å². The van der Waals surface area contributed by atoms with Gasteiger partial charge in [-0.2, -0.15) is 0 Å². The molecule has 21 heavy (non-hydrogen) atoms. The fourth-order valence-corrected chi connectivity index (χ4v) is 1.87. The standard InChI is InChI=1S/C14H17N5O2/c1-10-7-11(14(21)15-2)3-4-12(10)18-13(20)5-6-19-8-16-17-9-19/h3-4,7-9H,5-6H2,1-2H3,(H,15,21)(H,18,20). The van der Waals surface area contributed by atoms with Crippen LogP contribution >= 0.6 is 0 Å². The third-order valence-corrected chi connectivity index (χ3v) is 3.05. The summed E-state index contributed by atoms with van der Waals surface area (Å²) in [6, 6.07) is 5.16. The highest BCUT2D eigenvalue weighted by Gasteiger charge is 2.08. The van der Waals surface area contributed by atoms with Crippen LogP contribution in [0.3, 0.4) is 0 Å². The number of nitrogens with one attached hydrogen (secondary N) is 2. The molecule has 0 fully saturated rings. The third kappa shape index (κ3) is 3.88. The van der Waals surface area contributed by atoms with E-state index in [-0.39, 0.29) is 11.8 Å². The smallest absolute Gasteiger partial charge is 0.251 e. The molecule has 1 aromatic heterocycles. The summed E-state index contributed by atoms with van der Waals surface area (Å²) in [6.45, 7) is 2.37. The number of hydrogen-bond acceptors (Lipinski definition) is 4. The number of carbonyl (C=O) groups excluding carboxylic acids is 2. The average Bonchev–Trinajstić information content (AvgIpc) is 2.99. The van der Waals surface area contributed by atoms with Gasteiger partial charge in [-0.15, -0.1) is 10.2 Å². The lowest BCUT2D eigenvalue weighted by molar-refractivity contribution is -0.116. The lowest BCUT2D eigenvalue weighted by Gasteiger charge is -2.10. The summed E-state index contributed by atoms with van der Waals surface area (Å²) in [6.07, 6.45) is 3.46. The number of hydrogen-bond donors (Lipinski definition) is 2. The van der Waals surface area contributed by atoms with Crippen molar-refractivity contribution in [1.29, 1.82) is 0 Å². The Morgan fingerprint density at radius 1 is 1.24 bits per heavy atom. The van der Waals surface area contributed by atoms with Crippen LogP contribution in [0.1, 0.15) is 22.3 Å². The minimum absolute atomic E-state index is 0.0977. The van der Waals surface area contributed by atoms with Crippen LogP contribution in [0, 0.1) is 6.92 Å². The number of benzene rings is 1. The molecule has 0 aliphatic carbocycles. The van der Waals surface area contributed by atoms with E-state index in [1.807, 2.05) is 6.92 Å². The zero-order valence-electron chi connectivity index (χ0n) is 12.0. The van der Waals surface area contributed by atoms with Crippen molar-refractivity contribution in [3.63, 3.8) is 0 Å². The number of carbonyl (C=O) groups is 2. The van der Waals surface area contributed by atoms with Crippen LogP contribution in [0.5, 0.6) is 0 Å². The topological polar surface area (TPSA) is 88.9 Å². The van der Waals surface area contributed by atoms with Crippen molar-refractivity contribution in [2.75, 3.05) is 12.4 Å². The van der Waals surface area contributed by atoms with Crippen molar-refractivity contribution < 1.29 is 9.59 Å². The van der Waals surface area contributed by atoms with Gasteiger partial charge in [0.2, 0.25) is 5.91 Å². The van der Waals surface area contributed by atoms with E-state index in [9.17, 15) is 9.59 Å². The largest absolute Gasteiger partial charge is 0.355 e. The number of aryl methyl sites for hydroxylation is 2. The lowest BCUT2D eigenvalue weighted by Crippen LogP contribution is -2.18. The molecule has 1 aromatic carbocycles. The first-order valence-corrected chi connectivity index (χ1v) is 6.55. The maximum Gasteiger partial charge on any atom is 0.251 e. The molecule has 0 aliphatic heterocycles. The molecule has 0 saturated carbocycles. The van der Waals surface area contributed by atoms with Gasteiger partial charge in [0.15, 0.2) is 0 Å². The van der Waals surface area contributed by atoms with Gasteiger partial charge >= 0.3 is 0 Å². The van der Waals surface area contributed by atoms with Crippen LogP contribution in [0.25, 0.3) is 0 Å². The second kappa shape index (κ2) is 6.65. The average molecular weight is 287 g/mol. The van der Waals surface area contributed by atoms with E-state index >= 15 is 0 Å². The van der Waals surface area contributed by atoms with Crippen molar-refractivity contribution in [3.8, 4) is 0 Å². The normalized spacial score (nSPS) is 10.2. The lowest BCUT2D eigenvalue weighted by atomic mass is 10.1. The highest BCUT2D eigenvalue weighted by molar-refractivity contribution is 5.96. The second-order valence-electron chi connectivity index (χ2n) is 4.61. The highest BCUT2D eigenvalue weighted by atomic mass is 16.2. The third-order valence-electron chi connectivity index (χ3n) is 3.05. The maximum atomic E-state index is 11.9.